The van der Waals surface area contributed by atoms with Gasteiger partial charge in [-0.3, -0.25) is 9.69 Å². The number of nitrogens with zero attached hydrogens (tertiary/aromatic N) is 5. The first-order valence-electron chi connectivity index (χ1n) is 8.74. The number of nitrogens with one attached hydrogen (secondary N) is 1. The van der Waals surface area contributed by atoms with Crippen LogP contribution in [0.1, 0.15) is 37.5 Å². The van der Waals surface area contributed by atoms with E-state index >= 15 is 0 Å². The third-order valence-electron chi connectivity index (χ3n) is 4.55. The molecule has 2 aliphatic rings. The van der Waals surface area contributed by atoms with Gasteiger partial charge in [-0.2, -0.15) is 0 Å². The van der Waals surface area contributed by atoms with Crippen molar-refractivity contribution in [3.63, 3.8) is 0 Å². The number of thioether (sulfide) groups is 1. The molecule has 1 amide bonds. The van der Waals surface area contributed by atoms with Gasteiger partial charge in [0.25, 0.3) is 0 Å². The van der Waals surface area contributed by atoms with E-state index in [1.54, 1.807) is 11.8 Å². The van der Waals surface area contributed by atoms with E-state index in [1.807, 2.05) is 4.68 Å². The molecule has 2 heterocycles. The molecule has 0 radical (unpaired) electrons. The second-order valence-corrected chi connectivity index (χ2v) is 7.26. The minimum atomic E-state index is 0.0770. The number of hydrogen-bond donors (Lipinski definition) is 1. The van der Waals surface area contributed by atoms with Crippen molar-refractivity contribution in [1.29, 1.82) is 0 Å². The average molecular weight is 354 g/mol. The Kier molecular flexibility index (Phi) is 6.86. The Morgan fingerprint density at radius 3 is 2.88 bits per heavy atom. The van der Waals surface area contributed by atoms with Gasteiger partial charge in [0.2, 0.25) is 5.91 Å². The van der Waals surface area contributed by atoms with E-state index in [1.165, 1.54) is 12.8 Å². The summed E-state index contributed by atoms with van der Waals surface area (Å²) >= 11 is 1.57. The Bertz CT molecular complexity index is 514. The highest BCUT2D eigenvalue weighted by Gasteiger charge is 2.21. The van der Waals surface area contributed by atoms with Gasteiger partial charge in [0.1, 0.15) is 0 Å². The molecule has 1 saturated heterocycles. The molecular formula is C15H26N6O2S. The summed E-state index contributed by atoms with van der Waals surface area (Å²) in [6, 6.07) is 0.443. The number of carbonyl (C=O) groups is 1. The predicted molar refractivity (Wildman–Crippen MR) is 91.8 cm³/mol. The highest BCUT2D eigenvalue weighted by molar-refractivity contribution is 7.99. The molecule has 1 N–H and O–H groups in total. The molecule has 0 spiro atoms. The van der Waals surface area contributed by atoms with Gasteiger partial charge in [0.05, 0.1) is 30.8 Å². The number of hydrogen-bond acceptors (Lipinski definition) is 7. The van der Waals surface area contributed by atoms with Gasteiger partial charge >= 0.3 is 0 Å². The summed E-state index contributed by atoms with van der Waals surface area (Å²) in [6.45, 7) is 5.07. The van der Waals surface area contributed by atoms with Crippen molar-refractivity contribution < 1.29 is 9.53 Å². The molecule has 0 aromatic carbocycles. The normalized spacial score (nSPS) is 19.7. The van der Waals surface area contributed by atoms with Crippen molar-refractivity contribution in [2.45, 2.75) is 37.5 Å². The Morgan fingerprint density at radius 2 is 2.08 bits per heavy atom. The van der Waals surface area contributed by atoms with Gasteiger partial charge in [0, 0.05) is 26.2 Å². The number of ether oxygens (including phenoxy) is 1. The maximum Gasteiger partial charge on any atom is 0.230 e. The van der Waals surface area contributed by atoms with Gasteiger partial charge < -0.3 is 10.1 Å². The zero-order valence-electron chi connectivity index (χ0n) is 14.0. The van der Waals surface area contributed by atoms with Crippen LogP contribution >= 0.6 is 11.8 Å². The molecule has 3 rings (SSSR count). The van der Waals surface area contributed by atoms with Crippen molar-refractivity contribution >= 4 is 17.7 Å². The molecule has 1 saturated carbocycles. The number of tetrazole rings is 1. The number of morpholine rings is 1. The van der Waals surface area contributed by atoms with E-state index in [0.717, 1.165) is 51.5 Å². The van der Waals surface area contributed by atoms with Gasteiger partial charge in [-0.05, 0) is 23.3 Å². The third-order valence-corrected chi connectivity index (χ3v) is 5.48. The molecule has 9 heteroatoms. The second kappa shape index (κ2) is 9.33. The zero-order chi connectivity index (χ0) is 16.6. The first-order chi connectivity index (χ1) is 11.8. The summed E-state index contributed by atoms with van der Waals surface area (Å²) in [5, 5.41) is 15.0. The zero-order valence-corrected chi connectivity index (χ0v) is 14.8. The van der Waals surface area contributed by atoms with Crippen LogP contribution in [0.4, 0.5) is 0 Å². The number of aromatic nitrogens is 4. The Hall–Kier alpha value is -1.19. The minimum Gasteiger partial charge on any atom is -0.379 e. The lowest BCUT2D eigenvalue weighted by Crippen LogP contribution is -2.41. The molecule has 1 aromatic heterocycles. The molecule has 1 aliphatic heterocycles. The molecule has 134 valence electrons. The fourth-order valence-electron chi connectivity index (χ4n) is 3.20. The molecular weight excluding hydrogens is 328 g/mol. The molecule has 2 fully saturated rings. The number of carbonyl (C=O) groups excluding carboxylic acids is 1. The summed E-state index contributed by atoms with van der Waals surface area (Å²) in [7, 11) is 0. The smallest absolute Gasteiger partial charge is 0.230 e. The summed E-state index contributed by atoms with van der Waals surface area (Å²) in [4.78, 5) is 14.2. The monoisotopic (exact) mass is 354 g/mol. The summed E-state index contributed by atoms with van der Waals surface area (Å²) in [5.41, 5.74) is 0. The number of rotatable bonds is 8. The molecule has 0 bridgehead atoms. The molecule has 1 aliphatic carbocycles. The molecule has 0 atom stereocenters. The van der Waals surface area contributed by atoms with Crippen LogP contribution in [0.15, 0.2) is 0 Å². The van der Waals surface area contributed by atoms with E-state index < -0.39 is 0 Å². The van der Waals surface area contributed by atoms with E-state index in [4.69, 9.17) is 4.74 Å². The Balaban J connectivity index is 1.31. The van der Waals surface area contributed by atoms with Crippen molar-refractivity contribution in [2.24, 2.45) is 0 Å². The van der Waals surface area contributed by atoms with Crippen LogP contribution in [0, 0.1) is 0 Å². The lowest BCUT2D eigenvalue weighted by Gasteiger charge is -2.26. The first kappa shape index (κ1) is 17.6. The second-order valence-electron chi connectivity index (χ2n) is 6.27. The Labute approximate surface area is 146 Å². The number of amides is 1. The predicted octanol–water partition coefficient (Wildman–Crippen LogP) is 0.470. The lowest BCUT2D eigenvalue weighted by molar-refractivity contribution is -0.118. The average Bonchev–Trinajstić information content (AvgIpc) is 3.27. The van der Waals surface area contributed by atoms with Crippen LogP contribution in [0.5, 0.6) is 0 Å². The van der Waals surface area contributed by atoms with Crippen molar-refractivity contribution in [3.05, 3.63) is 5.82 Å². The SMILES string of the molecule is O=C(CSCc1nnnn1C1CCCC1)NCCN1CCOCC1. The highest BCUT2D eigenvalue weighted by atomic mass is 32.2. The fourth-order valence-corrected chi connectivity index (χ4v) is 3.97. The van der Waals surface area contributed by atoms with Gasteiger partial charge in [-0.1, -0.05) is 12.8 Å². The van der Waals surface area contributed by atoms with Crippen LogP contribution in [-0.2, 0) is 15.3 Å². The molecule has 0 unspecified atom stereocenters. The topological polar surface area (TPSA) is 85.2 Å². The third kappa shape index (κ3) is 5.15. The van der Waals surface area contributed by atoms with E-state index in [0.29, 0.717) is 24.1 Å². The van der Waals surface area contributed by atoms with Crippen LogP contribution < -0.4 is 5.32 Å². The van der Waals surface area contributed by atoms with Crippen LogP contribution in [-0.4, -0.2) is 76.2 Å². The van der Waals surface area contributed by atoms with Crippen molar-refractivity contribution in [1.82, 2.24) is 30.4 Å². The largest absolute Gasteiger partial charge is 0.379 e. The minimum absolute atomic E-state index is 0.0770. The Morgan fingerprint density at radius 1 is 1.29 bits per heavy atom. The quantitative estimate of drug-likeness (QED) is 0.726. The van der Waals surface area contributed by atoms with Crippen molar-refractivity contribution in [2.75, 3.05) is 45.1 Å². The molecule has 1 aromatic rings. The van der Waals surface area contributed by atoms with Gasteiger partial charge in [-0.15, -0.1) is 16.9 Å². The van der Waals surface area contributed by atoms with Gasteiger partial charge in [0.15, 0.2) is 5.82 Å². The summed E-state index contributed by atoms with van der Waals surface area (Å²) < 4.78 is 7.27. The van der Waals surface area contributed by atoms with E-state index in [-0.39, 0.29) is 5.91 Å². The van der Waals surface area contributed by atoms with E-state index in [9.17, 15) is 4.79 Å². The maximum atomic E-state index is 11.9. The van der Waals surface area contributed by atoms with E-state index in [2.05, 4.69) is 25.7 Å². The standard InChI is InChI=1S/C15H26N6O2S/c22-15(16-5-6-20-7-9-23-10-8-20)12-24-11-14-17-18-19-21(14)13-3-1-2-4-13/h13H,1-12H2,(H,16,22). The van der Waals surface area contributed by atoms with Gasteiger partial charge in [-0.25, -0.2) is 4.68 Å². The highest BCUT2D eigenvalue weighted by Crippen LogP contribution is 2.29. The summed E-state index contributed by atoms with van der Waals surface area (Å²) in [6.07, 6.45) is 4.82. The van der Waals surface area contributed by atoms with Crippen LogP contribution in [0.25, 0.3) is 0 Å². The maximum absolute atomic E-state index is 11.9. The van der Waals surface area contributed by atoms with Crippen LogP contribution in [0.2, 0.25) is 0 Å². The lowest BCUT2D eigenvalue weighted by atomic mass is 10.2. The fraction of sp³-hybridized carbons (Fsp3) is 0.867. The van der Waals surface area contributed by atoms with Crippen LogP contribution in [0.3, 0.4) is 0 Å². The first-order valence-corrected chi connectivity index (χ1v) is 9.89. The van der Waals surface area contributed by atoms with Crippen molar-refractivity contribution in [3.8, 4) is 0 Å². The summed E-state index contributed by atoms with van der Waals surface area (Å²) in [5.74, 6) is 2.09. The molecule has 8 nitrogen and oxygen atoms in total. The molecule has 24 heavy (non-hydrogen) atoms.